The molecule has 1 aromatic heterocycles. The van der Waals surface area contributed by atoms with Gasteiger partial charge in [0.15, 0.2) is 0 Å². The van der Waals surface area contributed by atoms with E-state index in [2.05, 4.69) is 15.3 Å². The summed E-state index contributed by atoms with van der Waals surface area (Å²) in [4.78, 5) is 8.33. The van der Waals surface area contributed by atoms with Crippen LogP contribution in [0.2, 0.25) is 0 Å². The number of aryl methyl sites for hydroxylation is 1. The van der Waals surface area contributed by atoms with E-state index in [-0.39, 0.29) is 12.1 Å². The number of ether oxygens (including phenoxy) is 1. The number of hydrogen-bond acceptors (Lipinski definition) is 5. The molecule has 1 aliphatic rings. The summed E-state index contributed by atoms with van der Waals surface area (Å²) in [6.07, 6.45) is 3.11. The molecule has 5 heteroatoms. The maximum absolute atomic E-state index is 9.36. The Kier molecular flexibility index (Phi) is 2.96. The van der Waals surface area contributed by atoms with Crippen molar-refractivity contribution in [3.05, 3.63) is 11.8 Å². The first-order valence-electron chi connectivity index (χ1n) is 5.46. The van der Waals surface area contributed by atoms with Gasteiger partial charge in [0.1, 0.15) is 5.82 Å². The Morgan fingerprint density at radius 3 is 2.75 bits per heavy atom. The first-order valence-corrected chi connectivity index (χ1v) is 5.46. The van der Waals surface area contributed by atoms with E-state index in [1.807, 2.05) is 13.0 Å². The highest BCUT2D eigenvalue weighted by atomic mass is 16.5. The Balaban J connectivity index is 2.17. The molecule has 1 aliphatic carbocycles. The van der Waals surface area contributed by atoms with Gasteiger partial charge in [0.2, 0.25) is 0 Å². The predicted molar refractivity (Wildman–Crippen MR) is 60.6 cm³/mol. The Hall–Kier alpha value is -1.36. The summed E-state index contributed by atoms with van der Waals surface area (Å²) in [6, 6.07) is 2.22. The minimum atomic E-state index is -0.189. The van der Waals surface area contributed by atoms with E-state index in [1.54, 1.807) is 7.11 Å². The number of aliphatic hydroxyl groups is 1. The van der Waals surface area contributed by atoms with Crippen LogP contribution in [0.25, 0.3) is 0 Å². The van der Waals surface area contributed by atoms with Crippen molar-refractivity contribution in [3.8, 4) is 6.01 Å². The monoisotopic (exact) mass is 223 g/mol. The lowest BCUT2D eigenvalue weighted by Crippen LogP contribution is -2.48. The summed E-state index contributed by atoms with van der Waals surface area (Å²) in [5.41, 5.74) is 0.660. The Morgan fingerprint density at radius 1 is 1.50 bits per heavy atom. The van der Waals surface area contributed by atoms with Crippen molar-refractivity contribution in [1.82, 2.24) is 9.97 Å². The van der Waals surface area contributed by atoms with Gasteiger partial charge in [-0.1, -0.05) is 0 Å². The van der Waals surface area contributed by atoms with Gasteiger partial charge in [-0.05, 0) is 26.2 Å². The van der Waals surface area contributed by atoms with Gasteiger partial charge >= 0.3 is 6.01 Å². The smallest absolute Gasteiger partial charge is 0.318 e. The molecule has 1 aromatic rings. The molecule has 0 amide bonds. The Labute approximate surface area is 94.9 Å². The van der Waals surface area contributed by atoms with Crippen molar-refractivity contribution in [1.29, 1.82) is 0 Å². The van der Waals surface area contributed by atoms with Crippen LogP contribution in [-0.2, 0) is 0 Å². The van der Waals surface area contributed by atoms with Crippen LogP contribution in [-0.4, -0.2) is 34.3 Å². The van der Waals surface area contributed by atoms with Crippen LogP contribution in [0, 0.1) is 6.92 Å². The molecule has 1 heterocycles. The normalized spacial score (nSPS) is 17.7. The topological polar surface area (TPSA) is 67.3 Å². The van der Waals surface area contributed by atoms with Gasteiger partial charge in [0.05, 0.1) is 19.3 Å². The lowest BCUT2D eigenvalue weighted by Gasteiger charge is -2.41. The van der Waals surface area contributed by atoms with Gasteiger partial charge in [-0.2, -0.15) is 4.98 Å². The molecule has 88 valence electrons. The van der Waals surface area contributed by atoms with E-state index in [1.165, 1.54) is 0 Å². The van der Waals surface area contributed by atoms with Crippen molar-refractivity contribution < 1.29 is 9.84 Å². The fraction of sp³-hybridized carbons (Fsp3) is 0.636. The highest BCUT2D eigenvalue weighted by molar-refractivity contribution is 5.41. The van der Waals surface area contributed by atoms with E-state index in [0.29, 0.717) is 6.01 Å². The maximum atomic E-state index is 9.36. The molecule has 16 heavy (non-hydrogen) atoms. The summed E-state index contributed by atoms with van der Waals surface area (Å²) in [7, 11) is 1.55. The Morgan fingerprint density at radius 2 is 2.25 bits per heavy atom. The molecule has 0 aromatic carbocycles. The third kappa shape index (κ3) is 2.09. The molecule has 0 saturated heterocycles. The average molecular weight is 223 g/mol. The van der Waals surface area contributed by atoms with E-state index in [9.17, 15) is 5.11 Å². The van der Waals surface area contributed by atoms with E-state index in [4.69, 9.17) is 4.74 Å². The summed E-state index contributed by atoms with van der Waals surface area (Å²) in [5.74, 6) is 0.720. The summed E-state index contributed by atoms with van der Waals surface area (Å²) in [5, 5.41) is 12.6. The van der Waals surface area contributed by atoms with E-state index >= 15 is 0 Å². The molecule has 0 bridgehead atoms. The largest absolute Gasteiger partial charge is 0.467 e. The lowest BCUT2D eigenvalue weighted by atomic mass is 9.77. The number of aromatic nitrogens is 2. The standard InChI is InChI=1S/C11H17N3O2/c1-8-6-9(13-10(12-8)16-2)14-11(7-15)4-3-5-11/h6,15H,3-5,7H2,1-2H3,(H,12,13,14). The Bertz CT molecular complexity index is 372. The molecule has 0 spiro atoms. The SMILES string of the molecule is COc1nc(C)cc(NC2(CO)CCC2)n1. The molecule has 5 nitrogen and oxygen atoms in total. The van der Waals surface area contributed by atoms with Crippen LogP contribution in [0.3, 0.4) is 0 Å². The predicted octanol–water partition coefficient (Wildman–Crippen LogP) is 1.12. The quantitative estimate of drug-likeness (QED) is 0.800. The molecule has 0 atom stereocenters. The minimum Gasteiger partial charge on any atom is -0.467 e. The van der Waals surface area contributed by atoms with Crippen LogP contribution in [0.1, 0.15) is 25.0 Å². The summed E-state index contributed by atoms with van der Waals surface area (Å²) < 4.78 is 5.01. The number of anilines is 1. The highest BCUT2D eigenvalue weighted by Gasteiger charge is 2.36. The zero-order valence-corrected chi connectivity index (χ0v) is 9.66. The first-order chi connectivity index (χ1) is 7.67. The second-order valence-corrected chi connectivity index (χ2v) is 4.30. The highest BCUT2D eigenvalue weighted by Crippen LogP contribution is 2.34. The van der Waals surface area contributed by atoms with Crippen molar-refractivity contribution in [2.45, 2.75) is 31.7 Å². The molecule has 2 N–H and O–H groups in total. The van der Waals surface area contributed by atoms with Crippen LogP contribution in [0.5, 0.6) is 6.01 Å². The molecule has 0 radical (unpaired) electrons. The molecular formula is C11H17N3O2. The van der Waals surface area contributed by atoms with Crippen LogP contribution in [0.15, 0.2) is 6.07 Å². The van der Waals surface area contributed by atoms with E-state index in [0.717, 1.165) is 30.8 Å². The van der Waals surface area contributed by atoms with Gasteiger partial charge < -0.3 is 15.2 Å². The van der Waals surface area contributed by atoms with Gasteiger partial charge in [0, 0.05) is 11.8 Å². The summed E-state index contributed by atoms with van der Waals surface area (Å²) >= 11 is 0. The summed E-state index contributed by atoms with van der Waals surface area (Å²) in [6.45, 7) is 2.03. The molecule has 0 unspecified atom stereocenters. The van der Waals surface area contributed by atoms with Crippen LogP contribution >= 0.6 is 0 Å². The van der Waals surface area contributed by atoms with Crippen molar-refractivity contribution >= 4 is 5.82 Å². The van der Waals surface area contributed by atoms with Gasteiger partial charge in [-0.3, -0.25) is 0 Å². The van der Waals surface area contributed by atoms with Gasteiger partial charge in [-0.25, -0.2) is 4.98 Å². The zero-order valence-electron chi connectivity index (χ0n) is 9.66. The van der Waals surface area contributed by atoms with Crippen molar-refractivity contribution in [3.63, 3.8) is 0 Å². The molecule has 1 fully saturated rings. The number of nitrogens with one attached hydrogen (secondary N) is 1. The second-order valence-electron chi connectivity index (χ2n) is 4.30. The van der Waals surface area contributed by atoms with E-state index < -0.39 is 0 Å². The fourth-order valence-corrected chi connectivity index (χ4v) is 1.89. The van der Waals surface area contributed by atoms with Crippen LogP contribution in [0.4, 0.5) is 5.82 Å². The minimum absolute atomic E-state index is 0.137. The molecule has 1 saturated carbocycles. The maximum Gasteiger partial charge on any atom is 0.318 e. The molecule has 2 rings (SSSR count). The van der Waals surface area contributed by atoms with Crippen molar-refractivity contribution in [2.75, 3.05) is 19.0 Å². The lowest BCUT2D eigenvalue weighted by molar-refractivity contribution is 0.143. The van der Waals surface area contributed by atoms with Gasteiger partial charge in [0.25, 0.3) is 0 Å². The third-order valence-corrected chi connectivity index (χ3v) is 3.02. The second kappa shape index (κ2) is 4.25. The number of nitrogens with zero attached hydrogens (tertiary/aromatic N) is 2. The average Bonchev–Trinajstić information content (AvgIpc) is 2.22. The van der Waals surface area contributed by atoms with Crippen LogP contribution < -0.4 is 10.1 Å². The third-order valence-electron chi connectivity index (χ3n) is 3.02. The van der Waals surface area contributed by atoms with Crippen molar-refractivity contribution in [2.24, 2.45) is 0 Å². The fourth-order valence-electron chi connectivity index (χ4n) is 1.89. The number of hydrogen-bond donors (Lipinski definition) is 2. The number of rotatable bonds is 4. The van der Waals surface area contributed by atoms with Gasteiger partial charge in [-0.15, -0.1) is 0 Å². The zero-order chi connectivity index (χ0) is 11.6. The first kappa shape index (κ1) is 11.1. The molecular weight excluding hydrogens is 206 g/mol. The molecule has 0 aliphatic heterocycles. The number of aliphatic hydroxyl groups excluding tert-OH is 1. The number of methoxy groups -OCH3 is 1.